The van der Waals surface area contributed by atoms with Crippen LogP contribution in [0.3, 0.4) is 0 Å². The Morgan fingerprint density at radius 2 is 2.00 bits per heavy atom. The monoisotopic (exact) mass is 245 g/mol. The molecule has 2 heterocycles. The lowest BCUT2D eigenvalue weighted by Gasteiger charge is -2.38. The van der Waals surface area contributed by atoms with Crippen molar-refractivity contribution < 1.29 is 24.2 Å². The fourth-order valence-electron chi connectivity index (χ4n) is 2.01. The Bertz CT molecular complexity index is 334. The predicted molar refractivity (Wildman–Crippen MR) is 55.1 cm³/mol. The predicted octanol–water partition coefficient (Wildman–Crippen LogP) is 0.316. The van der Waals surface area contributed by atoms with E-state index in [4.69, 9.17) is 4.74 Å². The molecule has 0 unspecified atom stereocenters. The van der Waals surface area contributed by atoms with Crippen molar-refractivity contribution in [3.63, 3.8) is 0 Å². The molecule has 0 aromatic heterocycles. The van der Waals surface area contributed by atoms with Crippen molar-refractivity contribution in [2.24, 2.45) is 0 Å². The topological polar surface area (TPSA) is 83.9 Å². The maximum Gasteiger partial charge on any atom is 0.330 e. The SMILES string of the molecule is O=C1CSC(=O)N1C1(C(=O)O)CCOCC1. The van der Waals surface area contributed by atoms with Gasteiger partial charge in [0.05, 0.1) is 5.75 Å². The Morgan fingerprint density at radius 3 is 2.44 bits per heavy atom. The van der Waals surface area contributed by atoms with Gasteiger partial charge in [-0.15, -0.1) is 0 Å². The normalized spacial score (nSPS) is 24.9. The van der Waals surface area contributed by atoms with Gasteiger partial charge in [-0.1, -0.05) is 11.8 Å². The van der Waals surface area contributed by atoms with Gasteiger partial charge in [0.25, 0.3) is 5.24 Å². The summed E-state index contributed by atoms with van der Waals surface area (Å²) in [5.74, 6) is -1.51. The molecule has 7 heteroatoms. The average Bonchev–Trinajstić information content (AvgIpc) is 2.60. The van der Waals surface area contributed by atoms with Gasteiger partial charge in [0, 0.05) is 26.1 Å². The number of carbonyl (C=O) groups is 3. The number of nitrogens with zero attached hydrogens (tertiary/aromatic N) is 1. The van der Waals surface area contributed by atoms with Crippen molar-refractivity contribution in [1.82, 2.24) is 4.90 Å². The lowest BCUT2D eigenvalue weighted by Crippen LogP contribution is -2.59. The minimum absolute atomic E-state index is 0.0364. The van der Waals surface area contributed by atoms with Crippen LogP contribution in [0.2, 0.25) is 0 Å². The van der Waals surface area contributed by atoms with Gasteiger partial charge in [0.2, 0.25) is 5.91 Å². The first-order valence-electron chi connectivity index (χ1n) is 4.89. The zero-order valence-corrected chi connectivity index (χ0v) is 9.29. The molecule has 2 rings (SSSR count). The van der Waals surface area contributed by atoms with Gasteiger partial charge in [-0.3, -0.25) is 14.5 Å². The van der Waals surface area contributed by atoms with E-state index in [9.17, 15) is 19.5 Å². The number of thioether (sulfide) groups is 1. The molecular weight excluding hydrogens is 234 g/mol. The van der Waals surface area contributed by atoms with Gasteiger partial charge in [0.15, 0.2) is 5.54 Å². The summed E-state index contributed by atoms with van der Waals surface area (Å²) < 4.78 is 5.09. The van der Waals surface area contributed by atoms with Gasteiger partial charge < -0.3 is 9.84 Å². The summed E-state index contributed by atoms with van der Waals surface area (Å²) in [5, 5.41) is 8.81. The fraction of sp³-hybridized carbons (Fsp3) is 0.667. The van der Waals surface area contributed by atoms with E-state index < -0.39 is 22.7 Å². The quantitative estimate of drug-likeness (QED) is 0.754. The number of carboxylic acids is 1. The van der Waals surface area contributed by atoms with E-state index in [1.807, 2.05) is 0 Å². The van der Waals surface area contributed by atoms with E-state index in [0.29, 0.717) is 0 Å². The van der Waals surface area contributed by atoms with E-state index in [-0.39, 0.29) is 31.8 Å². The van der Waals surface area contributed by atoms with E-state index in [0.717, 1.165) is 16.7 Å². The average molecular weight is 245 g/mol. The van der Waals surface area contributed by atoms with Crippen LogP contribution in [0.1, 0.15) is 12.8 Å². The second-order valence-electron chi connectivity index (χ2n) is 3.73. The van der Waals surface area contributed by atoms with Crippen molar-refractivity contribution >= 4 is 28.9 Å². The maximum atomic E-state index is 11.6. The third-order valence-electron chi connectivity index (χ3n) is 2.90. The van der Waals surface area contributed by atoms with E-state index in [2.05, 4.69) is 0 Å². The number of hydrogen-bond acceptors (Lipinski definition) is 5. The molecule has 6 nitrogen and oxygen atoms in total. The van der Waals surface area contributed by atoms with Gasteiger partial charge >= 0.3 is 5.97 Å². The summed E-state index contributed by atoms with van der Waals surface area (Å²) in [6.07, 6.45) is 0.334. The van der Waals surface area contributed by atoms with E-state index >= 15 is 0 Å². The standard InChI is InChI=1S/C9H11NO5S/c11-6-5-16-8(14)10(6)9(7(12)13)1-3-15-4-2-9/h1-5H2,(H,12,13). The van der Waals surface area contributed by atoms with Crippen molar-refractivity contribution in [1.29, 1.82) is 0 Å². The third kappa shape index (κ3) is 1.60. The number of ether oxygens (including phenoxy) is 1. The van der Waals surface area contributed by atoms with Gasteiger partial charge in [-0.25, -0.2) is 4.79 Å². The maximum absolute atomic E-state index is 11.6. The molecule has 2 saturated heterocycles. The van der Waals surface area contributed by atoms with Crippen LogP contribution in [-0.4, -0.2) is 51.6 Å². The summed E-state index contributed by atoms with van der Waals surface area (Å²) in [7, 11) is 0. The zero-order chi connectivity index (χ0) is 11.8. The van der Waals surface area contributed by atoms with Crippen LogP contribution < -0.4 is 0 Å². The Morgan fingerprint density at radius 1 is 1.38 bits per heavy atom. The van der Waals surface area contributed by atoms with Crippen LogP contribution in [0.25, 0.3) is 0 Å². The zero-order valence-electron chi connectivity index (χ0n) is 8.47. The molecule has 0 aromatic rings. The summed E-state index contributed by atoms with van der Waals surface area (Å²) in [5.41, 5.74) is -1.39. The minimum atomic E-state index is -1.39. The molecule has 2 amide bonds. The highest BCUT2D eigenvalue weighted by molar-refractivity contribution is 8.14. The molecule has 2 fully saturated rings. The largest absolute Gasteiger partial charge is 0.479 e. The van der Waals surface area contributed by atoms with E-state index in [1.54, 1.807) is 0 Å². The van der Waals surface area contributed by atoms with Gasteiger partial charge in [0.1, 0.15) is 0 Å². The number of imide groups is 1. The van der Waals surface area contributed by atoms with Crippen LogP contribution >= 0.6 is 11.8 Å². The number of carbonyl (C=O) groups excluding carboxylic acids is 2. The fourth-order valence-corrected chi connectivity index (χ4v) is 2.79. The Balaban J connectivity index is 2.34. The lowest BCUT2D eigenvalue weighted by atomic mass is 9.88. The second kappa shape index (κ2) is 4.06. The summed E-state index contributed by atoms with van der Waals surface area (Å²) in [6, 6.07) is 0. The molecule has 0 aromatic carbocycles. The number of carboxylic acid groups (broad SMARTS) is 1. The summed E-state index contributed by atoms with van der Waals surface area (Å²) in [6.45, 7) is 0.516. The van der Waals surface area contributed by atoms with Crippen LogP contribution in [0.4, 0.5) is 4.79 Å². The van der Waals surface area contributed by atoms with Crippen LogP contribution in [-0.2, 0) is 14.3 Å². The highest BCUT2D eigenvalue weighted by Gasteiger charge is 2.53. The smallest absolute Gasteiger partial charge is 0.330 e. The molecule has 0 bridgehead atoms. The number of hydrogen-bond donors (Lipinski definition) is 1. The molecule has 2 aliphatic rings. The molecule has 88 valence electrons. The van der Waals surface area contributed by atoms with Crippen molar-refractivity contribution in [3.8, 4) is 0 Å². The number of aliphatic carboxylic acids is 1. The summed E-state index contributed by atoms with van der Waals surface area (Å²) in [4.78, 5) is 35.4. The Labute approximate surface area is 95.9 Å². The van der Waals surface area contributed by atoms with Gasteiger partial charge in [-0.2, -0.15) is 0 Å². The molecule has 1 N–H and O–H groups in total. The van der Waals surface area contributed by atoms with Gasteiger partial charge in [-0.05, 0) is 0 Å². The highest BCUT2D eigenvalue weighted by atomic mass is 32.2. The first-order valence-corrected chi connectivity index (χ1v) is 5.87. The molecular formula is C9H11NO5S. The third-order valence-corrected chi connectivity index (χ3v) is 3.72. The minimum Gasteiger partial charge on any atom is -0.479 e. The molecule has 0 spiro atoms. The highest BCUT2D eigenvalue weighted by Crippen LogP contribution is 2.35. The number of amides is 2. The van der Waals surface area contributed by atoms with Crippen molar-refractivity contribution in [2.45, 2.75) is 18.4 Å². The molecule has 0 radical (unpaired) electrons. The molecule has 0 atom stereocenters. The van der Waals surface area contributed by atoms with Crippen molar-refractivity contribution in [2.75, 3.05) is 19.0 Å². The number of rotatable bonds is 2. The molecule has 2 aliphatic heterocycles. The second-order valence-corrected chi connectivity index (χ2v) is 4.66. The van der Waals surface area contributed by atoms with Crippen LogP contribution in [0.5, 0.6) is 0 Å². The van der Waals surface area contributed by atoms with Crippen molar-refractivity contribution in [3.05, 3.63) is 0 Å². The van der Waals surface area contributed by atoms with Crippen LogP contribution in [0, 0.1) is 0 Å². The lowest BCUT2D eigenvalue weighted by molar-refractivity contribution is -0.160. The first-order chi connectivity index (χ1) is 7.58. The Hall–Kier alpha value is -1.08. The van der Waals surface area contributed by atoms with E-state index in [1.165, 1.54) is 0 Å². The molecule has 0 aliphatic carbocycles. The summed E-state index contributed by atoms with van der Waals surface area (Å²) >= 11 is 0.856. The Kier molecular flexibility index (Phi) is 2.90. The first kappa shape index (κ1) is 11.4. The van der Waals surface area contributed by atoms with Crippen LogP contribution in [0.15, 0.2) is 0 Å². The molecule has 0 saturated carbocycles. The molecule has 16 heavy (non-hydrogen) atoms.